The van der Waals surface area contributed by atoms with Crippen molar-refractivity contribution < 1.29 is 26.5 Å². The summed E-state index contributed by atoms with van der Waals surface area (Å²) < 4.78 is 65.1. The van der Waals surface area contributed by atoms with E-state index in [0.717, 1.165) is 0 Å². The quantitative estimate of drug-likeness (QED) is 0.588. The molecule has 0 amide bonds. The minimum Gasteiger partial charge on any atom is -0.273 e. The van der Waals surface area contributed by atoms with E-state index in [9.17, 15) is 31.7 Å². The first kappa shape index (κ1) is 18.2. The first-order valence-electron chi connectivity index (χ1n) is 6.15. The van der Waals surface area contributed by atoms with Crippen LogP contribution < -0.4 is 4.72 Å². The second-order valence-electron chi connectivity index (χ2n) is 4.55. The van der Waals surface area contributed by atoms with Gasteiger partial charge in [0.05, 0.1) is 15.4 Å². The lowest BCUT2D eigenvalue weighted by Gasteiger charge is -2.12. The van der Waals surface area contributed by atoms with Crippen molar-refractivity contribution in [3.63, 3.8) is 0 Å². The number of nitro benzene ring substituents is 1. The van der Waals surface area contributed by atoms with Crippen LogP contribution in [0.4, 0.5) is 24.5 Å². The number of hydrogen-bond acceptors (Lipinski definition) is 4. The van der Waals surface area contributed by atoms with Gasteiger partial charge in [-0.05, 0) is 36.4 Å². The van der Waals surface area contributed by atoms with E-state index in [0.29, 0.717) is 22.7 Å². The topological polar surface area (TPSA) is 89.3 Å². The molecule has 0 aliphatic rings. The third-order valence-corrected chi connectivity index (χ3v) is 4.80. The van der Waals surface area contributed by atoms with Crippen molar-refractivity contribution >= 4 is 37.3 Å². The van der Waals surface area contributed by atoms with Crippen molar-refractivity contribution in [3.05, 3.63) is 62.6 Å². The lowest BCUT2D eigenvalue weighted by molar-refractivity contribution is -0.383. The average Bonchev–Trinajstić information content (AvgIpc) is 2.46. The van der Waals surface area contributed by atoms with E-state index >= 15 is 0 Å². The fourth-order valence-corrected chi connectivity index (χ4v) is 3.10. The molecule has 0 atom stereocenters. The fraction of sp³-hybridized carbons (Fsp3) is 0.0769. The molecule has 0 spiro atoms. The van der Waals surface area contributed by atoms with E-state index in [1.165, 1.54) is 24.3 Å². The van der Waals surface area contributed by atoms with Crippen LogP contribution in [-0.4, -0.2) is 13.3 Å². The summed E-state index contributed by atoms with van der Waals surface area (Å²) in [5.74, 6) is 0. The van der Waals surface area contributed by atoms with Crippen LogP contribution in [0.3, 0.4) is 0 Å². The fourth-order valence-electron chi connectivity index (χ4n) is 1.77. The summed E-state index contributed by atoms with van der Waals surface area (Å²) in [6.45, 7) is 0. The molecule has 0 bridgehead atoms. The molecule has 0 heterocycles. The maximum Gasteiger partial charge on any atom is 0.416 e. The Morgan fingerprint density at radius 3 is 2.17 bits per heavy atom. The van der Waals surface area contributed by atoms with Crippen molar-refractivity contribution in [1.29, 1.82) is 0 Å². The smallest absolute Gasteiger partial charge is 0.273 e. The minimum absolute atomic E-state index is 0.252. The predicted molar refractivity (Wildman–Crippen MR) is 83.0 cm³/mol. The van der Waals surface area contributed by atoms with E-state index in [4.69, 9.17) is 0 Å². The molecular formula is C13H8BrF3N2O4S. The van der Waals surface area contributed by atoms with E-state index in [1.807, 2.05) is 4.72 Å². The molecule has 0 unspecified atom stereocenters. The first-order chi connectivity index (χ1) is 11.0. The highest BCUT2D eigenvalue weighted by Crippen LogP contribution is 2.35. The van der Waals surface area contributed by atoms with Crippen LogP contribution in [0.1, 0.15) is 5.56 Å². The standard InChI is InChI=1S/C13H8BrF3N2O4S/c14-9-2-4-10(5-3-9)24(22,23)18-11-7-8(13(15,16)17)1-6-12(11)19(20)21/h1-7,18H. The molecule has 0 saturated carbocycles. The SMILES string of the molecule is O=[N+]([O-])c1ccc(C(F)(F)F)cc1NS(=O)(=O)c1ccc(Br)cc1. The summed E-state index contributed by atoms with van der Waals surface area (Å²) in [7, 11) is -4.29. The van der Waals surface area contributed by atoms with Gasteiger partial charge in [-0.15, -0.1) is 0 Å². The lowest BCUT2D eigenvalue weighted by Crippen LogP contribution is -2.15. The Hall–Kier alpha value is -2.14. The maximum absolute atomic E-state index is 12.7. The summed E-state index contributed by atoms with van der Waals surface area (Å²) in [4.78, 5) is 9.71. The highest BCUT2D eigenvalue weighted by atomic mass is 79.9. The van der Waals surface area contributed by atoms with Crippen LogP contribution >= 0.6 is 15.9 Å². The Morgan fingerprint density at radius 1 is 1.08 bits per heavy atom. The number of sulfonamides is 1. The molecule has 0 fully saturated rings. The minimum atomic E-state index is -4.77. The van der Waals surface area contributed by atoms with E-state index in [2.05, 4.69) is 15.9 Å². The molecule has 1 N–H and O–H groups in total. The Labute approximate surface area is 142 Å². The lowest BCUT2D eigenvalue weighted by atomic mass is 10.1. The van der Waals surface area contributed by atoms with E-state index in [-0.39, 0.29) is 4.90 Å². The van der Waals surface area contributed by atoms with Crippen LogP contribution in [0.5, 0.6) is 0 Å². The zero-order chi connectivity index (χ0) is 18.1. The number of halogens is 4. The van der Waals surface area contributed by atoms with Gasteiger partial charge in [-0.3, -0.25) is 14.8 Å². The summed E-state index contributed by atoms with van der Waals surface area (Å²) in [5.41, 5.74) is -2.76. The molecule has 11 heteroatoms. The van der Waals surface area contributed by atoms with Crippen LogP contribution in [0.25, 0.3) is 0 Å². The largest absolute Gasteiger partial charge is 0.416 e. The average molecular weight is 425 g/mol. The van der Waals surface area contributed by atoms with Crippen LogP contribution in [-0.2, 0) is 16.2 Å². The van der Waals surface area contributed by atoms with Crippen LogP contribution in [0.15, 0.2) is 51.8 Å². The Balaban J connectivity index is 2.50. The molecule has 6 nitrogen and oxygen atoms in total. The van der Waals surface area contributed by atoms with Gasteiger partial charge in [0.1, 0.15) is 5.69 Å². The Bertz CT molecular complexity index is 883. The van der Waals surface area contributed by atoms with Crippen molar-refractivity contribution in [2.75, 3.05) is 4.72 Å². The third-order valence-electron chi connectivity index (χ3n) is 2.89. The second-order valence-corrected chi connectivity index (χ2v) is 7.14. The normalized spacial score (nSPS) is 12.0. The molecule has 0 aromatic heterocycles. The van der Waals surface area contributed by atoms with Crippen molar-refractivity contribution in [2.24, 2.45) is 0 Å². The number of anilines is 1. The summed E-state index contributed by atoms with van der Waals surface area (Å²) >= 11 is 3.11. The molecular weight excluding hydrogens is 417 g/mol. The molecule has 24 heavy (non-hydrogen) atoms. The first-order valence-corrected chi connectivity index (χ1v) is 8.42. The monoisotopic (exact) mass is 424 g/mol. The van der Waals surface area contributed by atoms with Gasteiger partial charge >= 0.3 is 6.18 Å². The van der Waals surface area contributed by atoms with Gasteiger partial charge in [0.25, 0.3) is 15.7 Å². The molecule has 0 saturated heterocycles. The highest BCUT2D eigenvalue weighted by molar-refractivity contribution is 9.10. The summed E-state index contributed by atoms with van der Waals surface area (Å²) in [5, 5.41) is 10.9. The van der Waals surface area contributed by atoms with Gasteiger partial charge in [0.2, 0.25) is 0 Å². The van der Waals surface area contributed by atoms with Crippen molar-refractivity contribution in [1.82, 2.24) is 0 Å². The van der Waals surface area contributed by atoms with Crippen molar-refractivity contribution in [2.45, 2.75) is 11.1 Å². The summed E-state index contributed by atoms with van der Waals surface area (Å²) in [6.07, 6.45) is -4.77. The van der Waals surface area contributed by atoms with Crippen molar-refractivity contribution in [3.8, 4) is 0 Å². The third kappa shape index (κ3) is 4.03. The molecule has 0 aliphatic carbocycles. The van der Waals surface area contributed by atoms with Gasteiger partial charge < -0.3 is 0 Å². The van der Waals surface area contributed by atoms with Gasteiger partial charge in [0, 0.05) is 10.5 Å². The van der Waals surface area contributed by atoms with Gasteiger partial charge in [-0.25, -0.2) is 8.42 Å². The molecule has 2 aromatic rings. The number of rotatable bonds is 4. The van der Waals surface area contributed by atoms with E-state index in [1.54, 1.807) is 0 Å². The maximum atomic E-state index is 12.7. The number of hydrogen-bond donors (Lipinski definition) is 1. The zero-order valence-electron chi connectivity index (χ0n) is 11.5. The number of nitrogens with zero attached hydrogens (tertiary/aromatic N) is 1. The summed E-state index contributed by atoms with van der Waals surface area (Å²) in [6, 6.07) is 6.72. The second kappa shape index (κ2) is 6.40. The molecule has 0 aliphatic heterocycles. The Morgan fingerprint density at radius 2 is 1.67 bits per heavy atom. The molecule has 2 rings (SSSR count). The predicted octanol–water partition coefficient (Wildman–Crippen LogP) is 4.18. The number of alkyl halides is 3. The van der Waals surface area contributed by atoms with E-state index < -0.39 is 38.1 Å². The molecule has 0 radical (unpaired) electrons. The van der Waals surface area contributed by atoms with Gasteiger partial charge in [0.15, 0.2) is 0 Å². The Kier molecular flexibility index (Phi) is 4.85. The molecule has 128 valence electrons. The number of nitrogens with one attached hydrogen (secondary N) is 1. The zero-order valence-corrected chi connectivity index (χ0v) is 13.9. The van der Waals surface area contributed by atoms with Gasteiger partial charge in [-0.2, -0.15) is 13.2 Å². The highest BCUT2D eigenvalue weighted by Gasteiger charge is 2.33. The number of nitro groups is 1. The van der Waals surface area contributed by atoms with Gasteiger partial charge in [-0.1, -0.05) is 15.9 Å². The van der Waals surface area contributed by atoms with Crippen LogP contribution in [0, 0.1) is 10.1 Å². The number of benzene rings is 2. The molecule has 2 aromatic carbocycles. The van der Waals surface area contributed by atoms with Crippen LogP contribution in [0.2, 0.25) is 0 Å².